The third kappa shape index (κ3) is 12.0. The van der Waals surface area contributed by atoms with Crippen LogP contribution in [0, 0.1) is 6.92 Å². The molecule has 0 saturated carbocycles. The van der Waals surface area contributed by atoms with Gasteiger partial charge < -0.3 is 41.4 Å². The maximum Gasteiger partial charge on any atom is 0.328 e. The number of rotatable bonds is 13. The first-order valence-electron chi connectivity index (χ1n) is 16.0. The van der Waals surface area contributed by atoms with Crippen molar-refractivity contribution in [2.75, 3.05) is 25.0 Å². The van der Waals surface area contributed by atoms with Gasteiger partial charge in [-0.25, -0.2) is 4.79 Å². The van der Waals surface area contributed by atoms with Gasteiger partial charge in [0.1, 0.15) is 18.1 Å². The minimum absolute atomic E-state index is 0.0211. The summed E-state index contributed by atoms with van der Waals surface area (Å²) < 4.78 is 5.71. The number of carboxylic acid groups (broad SMARTS) is 1. The van der Waals surface area contributed by atoms with Crippen LogP contribution < -0.4 is 26.7 Å². The van der Waals surface area contributed by atoms with E-state index >= 15 is 0 Å². The van der Waals surface area contributed by atoms with Crippen LogP contribution in [0.3, 0.4) is 0 Å². The lowest BCUT2D eigenvalue weighted by molar-refractivity contribution is -0.131. The predicted molar refractivity (Wildman–Crippen MR) is 196 cm³/mol. The molecular weight excluding hydrogens is 620 g/mol. The number of nitrogens with one attached hydrogen (secondary N) is 3. The fourth-order valence-corrected chi connectivity index (χ4v) is 4.80. The normalized spacial score (nSPS) is 11.9. The Hall–Kier alpha value is -5.42. The van der Waals surface area contributed by atoms with Gasteiger partial charge in [0.25, 0.3) is 0 Å². The minimum Gasteiger partial charge on any atom is -0.506 e. The van der Waals surface area contributed by atoms with Gasteiger partial charge in [-0.2, -0.15) is 0 Å². The Labute approximate surface area is 285 Å². The van der Waals surface area contributed by atoms with Crippen molar-refractivity contribution < 1.29 is 24.9 Å². The van der Waals surface area contributed by atoms with Crippen LogP contribution >= 0.6 is 0 Å². The molecule has 49 heavy (non-hydrogen) atoms. The van der Waals surface area contributed by atoms with E-state index in [4.69, 9.17) is 15.6 Å². The number of aliphatic hydroxyl groups is 1. The molecule has 10 heteroatoms. The largest absolute Gasteiger partial charge is 0.506 e. The number of aliphatic carboxylic acids is 1. The van der Waals surface area contributed by atoms with E-state index in [1.807, 2.05) is 81.4 Å². The monoisotopic (exact) mass is 664 g/mol. The summed E-state index contributed by atoms with van der Waals surface area (Å²) in [6, 6.07) is 29.8. The number of aryl methyl sites for hydroxylation is 1. The quantitative estimate of drug-likeness (QED) is 0.0585. The van der Waals surface area contributed by atoms with Crippen LogP contribution in [0.5, 0.6) is 11.5 Å². The number of phenols is 1. The summed E-state index contributed by atoms with van der Waals surface area (Å²) in [5, 5.41) is 36.3. The number of hydrogen-bond donors (Lipinski definition) is 7. The van der Waals surface area contributed by atoms with Gasteiger partial charge in [-0.3, -0.25) is 4.79 Å². The maximum atomic E-state index is 11.6. The number of aliphatic hydroxyl groups excluding tert-OH is 1. The lowest BCUT2D eigenvalue weighted by Crippen LogP contribution is -2.38. The Morgan fingerprint density at radius 3 is 2.22 bits per heavy atom. The van der Waals surface area contributed by atoms with Crippen molar-refractivity contribution in [1.29, 1.82) is 0 Å². The molecule has 0 amide bonds. The molecule has 10 nitrogen and oxygen atoms in total. The number of aromatic hydroxyl groups is 1. The van der Waals surface area contributed by atoms with Crippen molar-refractivity contribution in [1.82, 2.24) is 10.3 Å². The predicted octanol–water partition coefficient (Wildman–Crippen LogP) is 6.05. The van der Waals surface area contributed by atoms with Gasteiger partial charge >= 0.3 is 5.97 Å². The summed E-state index contributed by atoms with van der Waals surface area (Å²) in [6.07, 6.45) is 2.73. The number of phenolic OH excluding ortho intramolecular Hbond substituents is 1. The van der Waals surface area contributed by atoms with E-state index in [9.17, 15) is 19.8 Å². The second-order valence-electron chi connectivity index (χ2n) is 12.5. The third-order valence-electron chi connectivity index (χ3n) is 7.40. The highest BCUT2D eigenvalue weighted by Crippen LogP contribution is 2.28. The van der Waals surface area contributed by atoms with Crippen LogP contribution in [0.15, 0.2) is 108 Å². The molecular formula is C39H44N4O6. The highest BCUT2D eigenvalue weighted by molar-refractivity contribution is 5.87. The molecule has 0 aliphatic carbocycles. The van der Waals surface area contributed by atoms with Crippen molar-refractivity contribution in [3.8, 4) is 11.5 Å². The standard InChI is InChI=1S/C29H34N4O4.C10H10O2/c1-29(2,30)18-37-22-9-7-21(8-10-22)32-20-5-3-19(4-6-20)15-16-31-17-26(35)23-11-13-25(34)28-24(23)12-14-27(36)33-28;1-8-2-4-9(5-3-8)6-7-10(11)12/h3-14,26,31-32,34-35H,15-18,30H2,1-2H3,(H,33,36);2-7H,1H3,(H,11,12)/b;7-6+/t26-;/m0./s1. The van der Waals surface area contributed by atoms with Crippen LogP contribution in [0.1, 0.15) is 42.2 Å². The highest BCUT2D eigenvalue weighted by atomic mass is 16.5. The molecule has 1 aromatic heterocycles. The number of benzene rings is 4. The van der Waals surface area contributed by atoms with Gasteiger partial charge in [-0.05, 0) is 105 Å². The Balaban J connectivity index is 0.000000380. The number of aromatic nitrogens is 1. The Bertz CT molecular complexity index is 1900. The zero-order chi connectivity index (χ0) is 35.4. The summed E-state index contributed by atoms with van der Waals surface area (Å²) >= 11 is 0. The van der Waals surface area contributed by atoms with Crippen LogP contribution in [0.4, 0.5) is 11.4 Å². The van der Waals surface area contributed by atoms with E-state index in [2.05, 4.69) is 27.8 Å². The van der Waals surface area contributed by atoms with E-state index in [0.717, 1.165) is 35.2 Å². The molecule has 0 radical (unpaired) electrons. The number of ether oxygens (including phenoxy) is 1. The van der Waals surface area contributed by atoms with Crippen LogP contribution in [-0.4, -0.2) is 51.5 Å². The summed E-state index contributed by atoms with van der Waals surface area (Å²) in [5.74, 6) is -0.159. The molecule has 1 heterocycles. The first kappa shape index (κ1) is 36.4. The number of nitrogens with two attached hydrogens (primary N) is 1. The average molecular weight is 665 g/mol. The number of aromatic amines is 1. The number of H-pyrrole nitrogens is 1. The molecule has 5 rings (SSSR count). The molecule has 0 saturated heterocycles. The molecule has 8 N–H and O–H groups in total. The number of carbonyl (C=O) groups is 1. The lowest BCUT2D eigenvalue weighted by atomic mass is 10.0. The Morgan fingerprint density at radius 2 is 1.59 bits per heavy atom. The van der Waals surface area contributed by atoms with Crippen LogP contribution in [0.2, 0.25) is 0 Å². The van der Waals surface area contributed by atoms with Gasteiger partial charge in [0, 0.05) is 41.0 Å². The molecule has 4 aromatic carbocycles. The zero-order valence-electron chi connectivity index (χ0n) is 27.9. The SMILES string of the molecule is CC(C)(N)COc1ccc(Nc2ccc(CCNC[C@H](O)c3ccc(O)c4[nH]c(=O)ccc34)cc2)cc1.Cc1ccc(/C=C/C(=O)O)cc1. The second-order valence-corrected chi connectivity index (χ2v) is 12.5. The molecule has 0 unspecified atom stereocenters. The van der Waals surface area contributed by atoms with E-state index < -0.39 is 12.1 Å². The van der Waals surface area contributed by atoms with Crippen molar-refractivity contribution >= 4 is 34.3 Å². The molecule has 1 atom stereocenters. The van der Waals surface area contributed by atoms with Gasteiger partial charge in [0.05, 0.1) is 11.6 Å². The van der Waals surface area contributed by atoms with Crippen molar-refractivity contribution in [3.63, 3.8) is 0 Å². The van der Waals surface area contributed by atoms with E-state index in [1.165, 1.54) is 23.3 Å². The van der Waals surface area contributed by atoms with Gasteiger partial charge in [-0.1, -0.05) is 48.0 Å². The third-order valence-corrected chi connectivity index (χ3v) is 7.40. The molecule has 5 aromatic rings. The van der Waals surface area contributed by atoms with E-state index in [-0.39, 0.29) is 16.8 Å². The first-order chi connectivity index (χ1) is 23.4. The average Bonchev–Trinajstić information content (AvgIpc) is 3.07. The molecule has 0 aliphatic heterocycles. The molecule has 256 valence electrons. The van der Waals surface area contributed by atoms with Crippen molar-refractivity contribution in [3.05, 3.63) is 136 Å². The van der Waals surface area contributed by atoms with Crippen LogP contribution in [0.25, 0.3) is 17.0 Å². The van der Waals surface area contributed by atoms with Crippen molar-refractivity contribution in [2.45, 2.75) is 38.8 Å². The maximum absolute atomic E-state index is 11.6. The smallest absolute Gasteiger partial charge is 0.328 e. The first-order valence-corrected chi connectivity index (χ1v) is 16.0. The number of anilines is 2. The van der Waals surface area contributed by atoms with E-state index in [0.29, 0.717) is 36.2 Å². The second kappa shape index (κ2) is 17.1. The Kier molecular flexibility index (Phi) is 12.7. The lowest BCUT2D eigenvalue weighted by Gasteiger charge is -2.19. The molecule has 0 fully saturated rings. The molecule has 0 aliphatic rings. The van der Waals surface area contributed by atoms with Gasteiger partial charge in [-0.15, -0.1) is 0 Å². The van der Waals surface area contributed by atoms with Crippen LogP contribution in [-0.2, 0) is 11.2 Å². The number of fused-ring (bicyclic) bond motifs is 1. The van der Waals surface area contributed by atoms with E-state index in [1.54, 1.807) is 18.2 Å². The topological polar surface area (TPSA) is 170 Å². The zero-order valence-corrected chi connectivity index (χ0v) is 27.9. The van der Waals surface area contributed by atoms with Crippen molar-refractivity contribution in [2.24, 2.45) is 5.73 Å². The Morgan fingerprint density at radius 1 is 0.939 bits per heavy atom. The molecule has 0 bridgehead atoms. The number of carboxylic acids is 1. The van der Waals surface area contributed by atoms with Gasteiger partial charge in [0.15, 0.2) is 0 Å². The fourth-order valence-electron chi connectivity index (χ4n) is 4.80. The summed E-state index contributed by atoms with van der Waals surface area (Å²) in [5.41, 5.74) is 11.5. The molecule has 0 spiro atoms. The summed E-state index contributed by atoms with van der Waals surface area (Å²) in [6.45, 7) is 7.33. The van der Waals surface area contributed by atoms with Gasteiger partial charge in [0.2, 0.25) is 5.56 Å². The number of pyridine rings is 1. The minimum atomic E-state index is -0.921. The fraction of sp³-hybridized carbons (Fsp3) is 0.231. The number of hydrogen-bond acceptors (Lipinski definition) is 8. The summed E-state index contributed by atoms with van der Waals surface area (Å²) in [7, 11) is 0. The summed E-state index contributed by atoms with van der Waals surface area (Å²) in [4.78, 5) is 24.4. The highest BCUT2D eigenvalue weighted by Gasteiger charge is 2.14.